The van der Waals surface area contributed by atoms with Crippen molar-refractivity contribution in [1.82, 2.24) is 0 Å². The van der Waals surface area contributed by atoms with Crippen molar-refractivity contribution in [1.29, 1.82) is 5.26 Å². The smallest absolute Gasteiger partial charge is 0.0992 e. The third-order valence-corrected chi connectivity index (χ3v) is 2.77. The molecule has 0 amide bonds. The van der Waals surface area contributed by atoms with Gasteiger partial charge in [-0.1, -0.05) is 35.4 Å². The predicted molar refractivity (Wildman–Crippen MR) is 74.4 cm³/mol. The first kappa shape index (κ1) is 12.2. The second-order valence-corrected chi connectivity index (χ2v) is 4.54. The van der Waals surface area contributed by atoms with Gasteiger partial charge in [-0.25, -0.2) is 0 Å². The molecule has 1 N–H and O–H groups in total. The Morgan fingerprint density at radius 3 is 2.44 bits per heavy atom. The van der Waals surface area contributed by atoms with Crippen LogP contribution in [0.25, 0.3) is 0 Å². The van der Waals surface area contributed by atoms with Gasteiger partial charge in [-0.3, -0.25) is 0 Å². The predicted octanol–water partition coefficient (Wildman–Crippen LogP) is 3.79. The summed E-state index contributed by atoms with van der Waals surface area (Å²) in [4.78, 5) is 0. The lowest BCUT2D eigenvalue weighted by Crippen LogP contribution is -2.00. The fraction of sp³-hybridized carbons (Fsp3) is 0.188. The highest BCUT2D eigenvalue weighted by Crippen LogP contribution is 2.13. The molecule has 0 bridgehead atoms. The molecule has 0 aliphatic rings. The van der Waals surface area contributed by atoms with Gasteiger partial charge in [-0.05, 0) is 37.6 Å². The Morgan fingerprint density at radius 2 is 1.78 bits per heavy atom. The SMILES string of the molecule is Cc1cc(C)cc(CNc2cccc(C#N)c2)c1. The molecule has 0 heterocycles. The van der Waals surface area contributed by atoms with E-state index < -0.39 is 0 Å². The van der Waals surface area contributed by atoms with Gasteiger partial charge in [0.25, 0.3) is 0 Å². The second kappa shape index (κ2) is 5.37. The van der Waals surface area contributed by atoms with Gasteiger partial charge in [0, 0.05) is 12.2 Å². The third kappa shape index (κ3) is 3.11. The monoisotopic (exact) mass is 236 g/mol. The van der Waals surface area contributed by atoms with Crippen LogP contribution in [-0.2, 0) is 6.54 Å². The normalized spacial score (nSPS) is 9.83. The van der Waals surface area contributed by atoms with Crippen LogP contribution >= 0.6 is 0 Å². The van der Waals surface area contributed by atoms with E-state index in [1.54, 1.807) is 0 Å². The van der Waals surface area contributed by atoms with Gasteiger partial charge in [0.1, 0.15) is 0 Å². The molecule has 0 radical (unpaired) electrons. The molecule has 90 valence electrons. The summed E-state index contributed by atoms with van der Waals surface area (Å²) >= 11 is 0. The van der Waals surface area contributed by atoms with Crippen LogP contribution < -0.4 is 5.32 Å². The molecule has 2 nitrogen and oxygen atoms in total. The average molecular weight is 236 g/mol. The summed E-state index contributed by atoms with van der Waals surface area (Å²) < 4.78 is 0. The van der Waals surface area contributed by atoms with Gasteiger partial charge in [0.2, 0.25) is 0 Å². The van der Waals surface area contributed by atoms with Gasteiger partial charge < -0.3 is 5.32 Å². The van der Waals surface area contributed by atoms with Gasteiger partial charge in [-0.15, -0.1) is 0 Å². The minimum Gasteiger partial charge on any atom is -0.381 e. The Balaban J connectivity index is 2.09. The van der Waals surface area contributed by atoms with Crippen molar-refractivity contribution < 1.29 is 0 Å². The first-order valence-electron chi connectivity index (χ1n) is 5.98. The number of nitriles is 1. The molecule has 18 heavy (non-hydrogen) atoms. The second-order valence-electron chi connectivity index (χ2n) is 4.54. The topological polar surface area (TPSA) is 35.8 Å². The Labute approximate surface area is 108 Å². The van der Waals surface area contributed by atoms with E-state index in [1.165, 1.54) is 16.7 Å². The third-order valence-electron chi connectivity index (χ3n) is 2.77. The zero-order chi connectivity index (χ0) is 13.0. The molecule has 2 heteroatoms. The van der Waals surface area contributed by atoms with E-state index in [-0.39, 0.29) is 0 Å². The molecular formula is C16H16N2. The summed E-state index contributed by atoms with van der Waals surface area (Å²) in [6.07, 6.45) is 0. The molecule has 2 aromatic rings. The van der Waals surface area contributed by atoms with Crippen LogP contribution in [0.5, 0.6) is 0 Å². The zero-order valence-corrected chi connectivity index (χ0v) is 10.7. The summed E-state index contributed by atoms with van der Waals surface area (Å²) in [6, 6.07) is 16.2. The number of nitrogens with zero attached hydrogens (tertiary/aromatic N) is 1. The maximum Gasteiger partial charge on any atom is 0.0992 e. The van der Waals surface area contributed by atoms with Crippen molar-refractivity contribution in [2.45, 2.75) is 20.4 Å². The molecule has 0 aromatic heterocycles. The minimum absolute atomic E-state index is 0.681. The van der Waals surface area contributed by atoms with Crippen LogP contribution in [-0.4, -0.2) is 0 Å². The lowest BCUT2D eigenvalue weighted by Gasteiger charge is -2.08. The highest BCUT2D eigenvalue weighted by atomic mass is 14.9. The van der Waals surface area contributed by atoms with E-state index >= 15 is 0 Å². The molecule has 0 fully saturated rings. The average Bonchev–Trinajstić information content (AvgIpc) is 2.35. The maximum atomic E-state index is 8.84. The van der Waals surface area contributed by atoms with Crippen molar-refractivity contribution in [3.05, 3.63) is 64.7 Å². The Morgan fingerprint density at radius 1 is 1.06 bits per heavy atom. The molecule has 0 saturated carbocycles. The number of benzene rings is 2. The summed E-state index contributed by atoms with van der Waals surface area (Å²) in [7, 11) is 0. The van der Waals surface area contributed by atoms with Crippen molar-refractivity contribution in [3.63, 3.8) is 0 Å². The van der Waals surface area contributed by atoms with Crippen LogP contribution in [0.2, 0.25) is 0 Å². The largest absolute Gasteiger partial charge is 0.381 e. The van der Waals surface area contributed by atoms with Crippen LogP contribution in [0.3, 0.4) is 0 Å². The number of nitrogens with one attached hydrogen (secondary N) is 1. The quantitative estimate of drug-likeness (QED) is 0.880. The fourth-order valence-electron chi connectivity index (χ4n) is 2.07. The highest BCUT2D eigenvalue weighted by Gasteiger charge is 1.98. The van der Waals surface area contributed by atoms with E-state index in [4.69, 9.17) is 5.26 Å². The van der Waals surface area contributed by atoms with E-state index in [0.717, 1.165) is 12.2 Å². The molecule has 0 aliphatic heterocycles. The van der Waals surface area contributed by atoms with Gasteiger partial charge in [-0.2, -0.15) is 5.26 Å². The summed E-state index contributed by atoms with van der Waals surface area (Å²) in [5.74, 6) is 0. The van der Waals surface area contributed by atoms with Crippen molar-refractivity contribution in [2.75, 3.05) is 5.32 Å². The first-order chi connectivity index (χ1) is 8.67. The molecule has 2 aromatic carbocycles. The number of aryl methyl sites for hydroxylation is 2. The number of rotatable bonds is 3. The Kier molecular flexibility index (Phi) is 3.64. The lowest BCUT2D eigenvalue weighted by atomic mass is 10.1. The molecule has 0 spiro atoms. The summed E-state index contributed by atoms with van der Waals surface area (Å²) in [5.41, 5.74) is 5.47. The number of hydrogen-bond donors (Lipinski definition) is 1. The van der Waals surface area contributed by atoms with Crippen molar-refractivity contribution in [3.8, 4) is 6.07 Å². The maximum absolute atomic E-state index is 8.84. The Hall–Kier alpha value is -2.27. The van der Waals surface area contributed by atoms with Crippen LogP contribution in [0.15, 0.2) is 42.5 Å². The zero-order valence-electron chi connectivity index (χ0n) is 10.7. The minimum atomic E-state index is 0.681. The van der Waals surface area contributed by atoms with E-state index in [2.05, 4.69) is 43.4 Å². The van der Waals surface area contributed by atoms with Gasteiger partial charge in [0.05, 0.1) is 11.6 Å². The number of hydrogen-bond acceptors (Lipinski definition) is 2. The molecule has 0 aliphatic carbocycles. The van der Waals surface area contributed by atoms with E-state index in [1.807, 2.05) is 24.3 Å². The summed E-state index contributed by atoms with van der Waals surface area (Å²) in [6.45, 7) is 4.98. The summed E-state index contributed by atoms with van der Waals surface area (Å²) in [5, 5.41) is 12.2. The molecule has 0 saturated heterocycles. The van der Waals surface area contributed by atoms with E-state index in [0.29, 0.717) is 5.56 Å². The number of anilines is 1. The van der Waals surface area contributed by atoms with Crippen LogP contribution in [0, 0.1) is 25.2 Å². The molecule has 0 atom stereocenters. The highest BCUT2D eigenvalue weighted by molar-refractivity contribution is 5.49. The van der Waals surface area contributed by atoms with Gasteiger partial charge >= 0.3 is 0 Å². The van der Waals surface area contributed by atoms with Crippen LogP contribution in [0.1, 0.15) is 22.3 Å². The fourth-order valence-corrected chi connectivity index (χ4v) is 2.07. The van der Waals surface area contributed by atoms with Gasteiger partial charge in [0.15, 0.2) is 0 Å². The van der Waals surface area contributed by atoms with Crippen LogP contribution in [0.4, 0.5) is 5.69 Å². The van der Waals surface area contributed by atoms with E-state index in [9.17, 15) is 0 Å². The Bertz CT molecular complexity index is 574. The molecule has 0 unspecified atom stereocenters. The standard InChI is InChI=1S/C16H16N2/c1-12-6-13(2)8-15(7-12)11-18-16-5-3-4-14(9-16)10-17/h3-9,18H,11H2,1-2H3. The van der Waals surface area contributed by atoms with Crippen molar-refractivity contribution >= 4 is 5.69 Å². The van der Waals surface area contributed by atoms with Crippen molar-refractivity contribution in [2.24, 2.45) is 0 Å². The molecular weight excluding hydrogens is 220 g/mol. The lowest BCUT2D eigenvalue weighted by molar-refractivity contribution is 1.13. The first-order valence-corrected chi connectivity index (χ1v) is 5.98. The molecule has 2 rings (SSSR count).